The maximum absolute atomic E-state index is 14.6. The number of aliphatic hydroxyl groups excluding tert-OH is 1. The molecule has 1 aliphatic carbocycles. The molecule has 4 aliphatic rings. The molecule has 0 aromatic heterocycles. The van der Waals surface area contributed by atoms with Crippen molar-refractivity contribution in [1.82, 2.24) is 14.7 Å². The van der Waals surface area contributed by atoms with E-state index < -0.39 is 35.1 Å². The van der Waals surface area contributed by atoms with Crippen LogP contribution >= 0.6 is 0 Å². The zero-order chi connectivity index (χ0) is 27.8. The molecule has 3 saturated heterocycles. The number of likely N-dealkylation sites (tertiary alicyclic amines) is 1. The molecule has 0 aromatic carbocycles. The van der Waals surface area contributed by atoms with Crippen molar-refractivity contribution < 1.29 is 24.2 Å². The Kier molecular flexibility index (Phi) is 8.43. The average molecular weight is 530 g/mol. The van der Waals surface area contributed by atoms with Crippen LogP contribution in [0.2, 0.25) is 0 Å². The molecule has 1 saturated carbocycles. The van der Waals surface area contributed by atoms with Crippen LogP contribution in [0.25, 0.3) is 0 Å². The minimum Gasteiger partial charge on any atom is -0.394 e. The van der Waals surface area contributed by atoms with Crippen LogP contribution in [0.15, 0.2) is 25.3 Å². The van der Waals surface area contributed by atoms with Gasteiger partial charge in [0.1, 0.15) is 11.6 Å². The van der Waals surface area contributed by atoms with Crippen LogP contribution in [0.3, 0.4) is 0 Å². The molecule has 2 bridgehead atoms. The van der Waals surface area contributed by atoms with Crippen molar-refractivity contribution in [2.24, 2.45) is 17.8 Å². The van der Waals surface area contributed by atoms with Crippen molar-refractivity contribution in [2.45, 2.75) is 102 Å². The van der Waals surface area contributed by atoms with Gasteiger partial charge < -0.3 is 24.5 Å². The molecule has 1 spiro atoms. The van der Waals surface area contributed by atoms with Gasteiger partial charge in [-0.1, -0.05) is 45.3 Å². The average Bonchev–Trinajstić information content (AvgIpc) is 3.43. The molecule has 0 radical (unpaired) electrons. The number of hydrogen-bond donors (Lipinski definition) is 1. The predicted octanol–water partition coefficient (Wildman–Crippen LogP) is 3.15. The summed E-state index contributed by atoms with van der Waals surface area (Å²) in [6.45, 7) is 16.6. The smallest absolute Gasteiger partial charge is 0.248 e. The van der Waals surface area contributed by atoms with Crippen molar-refractivity contribution in [3.05, 3.63) is 25.3 Å². The molecule has 7 atom stereocenters. The second-order valence-corrected chi connectivity index (χ2v) is 12.1. The minimum absolute atomic E-state index is 0.0186. The van der Waals surface area contributed by atoms with Gasteiger partial charge in [-0.05, 0) is 45.4 Å². The molecule has 38 heavy (non-hydrogen) atoms. The van der Waals surface area contributed by atoms with Crippen molar-refractivity contribution >= 4 is 17.7 Å². The normalized spacial score (nSPS) is 35.2. The van der Waals surface area contributed by atoms with E-state index >= 15 is 0 Å². The number of hydrogen-bond acceptors (Lipinski definition) is 5. The first-order valence-corrected chi connectivity index (χ1v) is 14.6. The van der Waals surface area contributed by atoms with Crippen LogP contribution in [0.5, 0.6) is 0 Å². The molecule has 4 fully saturated rings. The number of nitrogens with zero attached hydrogens (tertiary/aromatic N) is 3. The lowest BCUT2D eigenvalue weighted by atomic mass is 9.62. The van der Waals surface area contributed by atoms with Gasteiger partial charge in [0, 0.05) is 25.7 Å². The van der Waals surface area contributed by atoms with Gasteiger partial charge in [-0.25, -0.2) is 0 Å². The van der Waals surface area contributed by atoms with E-state index in [-0.39, 0.29) is 36.3 Å². The second kappa shape index (κ2) is 11.1. The predicted molar refractivity (Wildman–Crippen MR) is 146 cm³/mol. The Morgan fingerprint density at radius 3 is 2.42 bits per heavy atom. The monoisotopic (exact) mass is 529 g/mol. The van der Waals surface area contributed by atoms with E-state index in [9.17, 15) is 19.5 Å². The molecule has 0 aromatic rings. The maximum atomic E-state index is 14.6. The fourth-order valence-corrected chi connectivity index (χ4v) is 7.92. The van der Waals surface area contributed by atoms with Crippen molar-refractivity contribution in [3.63, 3.8) is 0 Å². The molecule has 3 heterocycles. The van der Waals surface area contributed by atoms with E-state index in [1.165, 1.54) is 0 Å². The Labute approximate surface area is 228 Å². The summed E-state index contributed by atoms with van der Waals surface area (Å²) in [4.78, 5) is 48.2. The lowest BCUT2D eigenvalue weighted by Gasteiger charge is -2.42. The number of carbonyl (C=O) groups is 3. The highest BCUT2D eigenvalue weighted by Gasteiger charge is 2.80. The first-order valence-electron chi connectivity index (χ1n) is 14.6. The highest BCUT2D eigenvalue weighted by atomic mass is 16.5. The third-order valence-corrected chi connectivity index (χ3v) is 9.77. The molecule has 8 nitrogen and oxygen atoms in total. The highest BCUT2D eigenvalue weighted by molar-refractivity contribution is 5.99. The number of amides is 3. The van der Waals surface area contributed by atoms with E-state index in [0.29, 0.717) is 26.1 Å². The molecule has 1 N–H and O–H groups in total. The number of rotatable bonds is 11. The van der Waals surface area contributed by atoms with Gasteiger partial charge in [-0.15, -0.1) is 13.2 Å². The van der Waals surface area contributed by atoms with Crippen LogP contribution < -0.4 is 0 Å². The van der Waals surface area contributed by atoms with Gasteiger partial charge in [0.2, 0.25) is 17.7 Å². The molecule has 3 amide bonds. The topological polar surface area (TPSA) is 90.4 Å². The molecule has 3 unspecified atom stereocenters. The van der Waals surface area contributed by atoms with E-state index in [1.807, 2.05) is 18.7 Å². The molecular formula is C30H47N3O5. The van der Waals surface area contributed by atoms with Crippen molar-refractivity contribution in [1.29, 1.82) is 0 Å². The molecule has 8 heteroatoms. The highest BCUT2D eigenvalue weighted by Crippen LogP contribution is 2.65. The summed E-state index contributed by atoms with van der Waals surface area (Å²) >= 11 is 0. The third-order valence-electron chi connectivity index (χ3n) is 9.77. The Morgan fingerprint density at radius 2 is 1.84 bits per heavy atom. The van der Waals surface area contributed by atoms with Crippen LogP contribution in [0.1, 0.15) is 72.6 Å². The summed E-state index contributed by atoms with van der Waals surface area (Å²) in [5, 5.41) is 10.2. The first kappa shape index (κ1) is 28.8. The van der Waals surface area contributed by atoms with Gasteiger partial charge in [-0.2, -0.15) is 0 Å². The summed E-state index contributed by atoms with van der Waals surface area (Å²) in [6, 6.07) is -1.37. The Bertz CT molecular complexity index is 948. The van der Waals surface area contributed by atoms with E-state index in [4.69, 9.17) is 4.74 Å². The molecule has 212 valence electrons. The Hall–Kier alpha value is -2.19. The van der Waals surface area contributed by atoms with Crippen LogP contribution in [-0.4, -0.2) is 93.1 Å². The standard InChI is InChI=1S/C30H47N3O5/c1-7-15-31(16-8-2)26(35)23-24-27(36)33(21(5)19-34)25(30(24)18-20(4)29(23,6)38-30)28(37)32(17-9-3)22-13-11-10-12-14-22/h7,9,20-25,34H,1,3,8,10-19H2,2,4-6H3/t20?,21-,23+,24+,25?,29-,30?/m1/s1. The van der Waals surface area contributed by atoms with Crippen molar-refractivity contribution in [3.8, 4) is 0 Å². The second-order valence-electron chi connectivity index (χ2n) is 12.1. The van der Waals surface area contributed by atoms with Gasteiger partial charge in [0.15, 0.2) is 0 Å². The molecular weight excluding hydrogens is 482 g/mol. The summed E-state index contributed by atoms with van der Waals surface area (Å²) in [6.07, 6.45) is 9.92. The number of ether oxygens (including phenoxy) is 1. The minimum atomic E-state index is -1.10. The Morgan fingerprint density at radius 1 is 1.18 bits per heavy atom. The summed E-state index contributed by atoms with van der Waals surface area (Å²) in [7, 11) is 0. The largest absolute Gasteiger partial charge is 0.394 e. The summed E-state index contributed by atoms with van der Waals surface area (Å²) in [5.74, 6) is -1.99. The SMILES string of the molecule is C=CCN(CCC)C(=O)[C@@H]1[C@H]2C(=O)N([C@H](C)CO)C(C(=O)N(CC=C)C3CCCCC3)C23CC(C)[C@@]1(C)O3. The molecule has 4 rings (SSSR count). The molecule has 3 aliphatic heterocycles. The fraction of sp³-hybridized carbons (Fsp3) is 0.767. The number of fused-ring (bicyclic) bond motifs is 1. The number of carbonyl (C=O) groups excluding carboxylic acids is 3. The zero-order valence-electron chi connectivity index (χ0n) is 23.7. The van der Waals surface area contributed by atoms with E-state index in [2.05, 4.69) is 20.1 Å². The summed E-state index contributed by atoms with van der Waals surface area (Å²) in [5.41, 5.74) is -1.96. The lowest BCUT2D eigenvalue weighted by molar-refractivity contribution is -0.158. The van der Waals surface area contributed by atoms with Crippen molar-refractivity contribution in [2.75, 3.05) is 26.2 Å². The van der Waals surface area contributed by atoms with Gasteiger partial charge >= 0.3 is 0 Å². The maximum Gasteiger partial charge on any atom is 0.248 e. The third kappa shape index (κ3) is 4.32. The lowest BCUT2D eigenvalue weighted by Crippen LogP contribution is -2.60. The fourth-order valence-electron chi connectivity index (χ4n) is 7.92. The zero-order valence-corrected chi connectivity index (χ0v) is 23.7. The van der Waals surface area contributed by atoms with Gasteiger partial charge in [0.05, 0.1) is 30.1 Å². The van der Waals surface area contributed by atoms with E-state index in [1.54, 1.807) is 28.9 Å². The summed E-state index contributed by atoms with van der Waals surface area (Å²) < 4.78 is 6.88. The number of aliphatic hydroxyl groups is 1. The Balaban J connectivity index is 1.81. The van der Waals surface area contributed by atoms with Gasteiger partial charge in [-0.3, -0.25) is 14.4 Å². The van der Waals surface area contributed by atoms with Crippen LogP contribution in [0.4, 0.5) is 0 Å². The van der Waals surface area contributed by atoms with Crippen LogP contribution in [0, 0.1) is 17.8 Å². The van der Waals surface area contributed by atoms with Gasteiger partial charge in [0.25, 0.3) is 0 Å². The van der Waals surface area contributed by atoms with Crippen LogP contribution in [-0.2, 0) is 19.1 Å². The quantitative estimate of drug-likeness (QED) is 0.416. The van der Waals surface area contributed by atoms with E-state index in [0.717, 1.165) is 38.5 Å². The first-order chi connectivity index (χ1) is 18.1.